The van der Waals surface area contributed by atoms with Gasteiger partial charge in [0.05, 0.1) is 7.11 Å². The molecule has 4 N–H and O–H groups in total. The molecule has 0 radical (unpaired) electrons. The van der Waals surface area contributed by atoms with Crippen molar-refractivity contribution in [3.8, 4) is 11.5 Å². The van der Waals surface area contributed by atoms with Crippen LogP contribution in [0.3, 0.4) is 0 Å². The predicted molar refractivity (Wildman–Crippen MR) is 91.4 cm³/mol. The molecule has 2 aromatic rings. The van der Waals surface area contributed by atoms with Gasteiger partial charge in [-0.1, -0.05) is 18.2 Å². The number of anilines is 2. The van der Waals surface area contributed by atoms with Gasteiger partial charge in [-0.15, -0.1) is 0 Å². The zero-order chi connectivity index (χ0) is 17.4. The molecule has 126 valence electrons. The van der Waals surface area contributed by atoms with Crippen LogP contribution in [0.2, 0.25) is 0 Å². The van der Waals surface area contributed by atoms with Crippen molar-refractivity contribution in [3.05, 3.63) is 48.5 Å². The fraction of sp³-hybridized carbons (Fsp3) is 0.176. The number of para-hydroxylation sites is 1. The van der Waals surface area contributed by atoms with Gasteiger partial charge in [-0.25, -0.2) is 4.79 Å². The molecule has 0 atom stereocenters. The van der Waals surface area contributed by atoms with E-state index in [0.29, 0.717) is 17.1 Å². The average molecular weight is 329 g/mol. The number of phenols is 1. The molecule has 7 nitrogen and oxygen atoms in total. The highest BCUT2D eigenvalue weighted by atomic mass is 16.5. The first-order chi connectivity index (χ1) is 11.6. The maximum absolute atomic E-state index is 11.8. The summed E-state index contributed by atoms with van der Waals surface area (Å²) >= 11 is 0. The van der Waals surface area contributed by atoms with Crippen molar-refractivity contribution in [1.29, 1.82) is 0 Å². The average Bonchev–Trinajstić information content (AvgIpc) is 2.56. The fourth-order valence-electron chi connectivity index (χ4n) is 1.98. The number of carbonyl (C=O) groups is 2. The summed E-state index contributed by atoms with van der Waals surface area (Å²) in [4.78, 5) is 23.5. The smallest absolute Gasteiger partial charge is 0.319 e. The highest BCUT2D eigenvalue weighted by molar-refractivity contribution is 5.92. The van der Waals surface area contributed by atoms with Crippen LogP contribution in [-0.2, 0) is 4.79 Å². The van der Waals surface area contributed by atoms with Gasteiger partial charge in [0.1, 0.15) is 0 Å². The molecule has 2 aromatic carbocycles. The second-order valence-corrected chi connectivity index (χ2v) is 4.93. The summed E-state index contributed by atoms with van der Waals surface area (Å²) in [7, 11) is 1.44. The Labute approximate surface area is 139 Å². The van der Waals surface area contributed by atoms with Crippen molar-refractivity contribution in [1.82, 2.24) is 5.32 Å². The third kappa shape index (κ3) is 5.20. The standard InChI is InChI=1S/C17H19N3O4/c1-24-15-8-7-13(11-14(15)21)19-16(22)9-10-18-17(23)20-12-5-3-2-4-6-12/h2-8,11,21H,9-10H2,1H3,(H,19,22)(H2,18,20,23). The number of carbonyl (C=O) groups excluding carboxylic acids is 2. The highest BCUT2D eigenvalue weighted by Crippen LogP contribution is 2.28. The SMILES string of the molecule is COc1ccc(NC(=O)CCNC(=O)Nc2ccccc2)cc1O. The molecule has 0 bridgehead atoms. The van der Waals surface area contributed by atoms with Crippen molar-refractivity contribution in [2.45, 2.75) is 6.42 Å². The lowest BCUT2D eigenvalue weighted by Crippen LogP contribution is -2.31. The van der Waals surface area contributed by atoms with E-state index in [1.807, 2.05) is 18.2 Å². The Bertz CT molecular complexity index is 704. The van der Waals surface area contributed by atoms with E-state index in [2.05, 4.69) is 16.0 Å². The van der Waals surface area contributed by atoms with E-state index < -0.39 is 0 Å². The molecule has 2 rings (SSSR count). The number of hydrogen-bond donors (Lipinski definition) is 4. The van der Waals surface area contributed by atoms with Gasteiger partial charge in [-0.3, -0.25) is 4.79 Å². The quantitative estimate of drug-likeness (QED) is 0.654. The summed E-state index contributed by atoms with van der Waals surface area (Å²) in [5.74, 6) is -0.0116. The van der Waals surface area contributed by atoms with E-state index in [1.165, 1.54) is 13.2 Å². The molecule has 0 aliphatic heterocycles. The van der Waals surface area contributed by atoms with Crippen molar-refractivity contribution in [2.24, 2.45) is 0 Å². The number of aromatic hydroxyl groups is 1. The lowest BCUT2D eigenvalue weighted by atomic mass is 10.2. The van der Waals surface area contributed by atoms with Gasteiger partial charge < -0.3 is 25.8 Å². The monoisotopic (exact) mass is 329 g/mol. The van der Waals surface area contributed by atoms with Crippen LogP contribution in [0.5, 0.6) is 11.5 Å². The van der Waals surface area contributed by atoms with Crippen LogP contribution in [0.4, 0.5) is 16.2 Å². The Morgan fingerprint density at radius 2 is 1.79 bits per heavy atom. The number of nitrogens with one attached hydrogen (secondary N) is 3. The molecular weight excluding hydrogens is 310 g/mol. The van der Waals surface area contributed by atoms with Gasteiger partial charge in [0.15, 0.2) is 11.5 Å². The topological polar surface area (TPSA) is 99.7 Å². The van der Waals surface area contributed by atoms with Crippen molar-refractivity contribution in [3.63, 3.8) is 0 Å². The van der Waals surface area contributed by atoms with Crippen LogP contribution in [0.1, 0.15) is 6.42 Å². The summed E-state index contributed by atoms with van der Waals surface area (Å²) in [6.45, 7) is 0.187. The fourth-order valence-corrected chi connectivity index (χ4v) is 1.98. The third-order valence-corrected chi connectivity index (χ3v) is 3.13. The lowest BCUT2D eigenvalue weighted by molar-refractivity contribution is -0.116. The number of ether oxygens (including phenoxy) is 1. The summed E-state index contributed by atoms with van der Waals surface area (Å²) in [5, 5.41) is 17.5. The Hall–Kier alpha value is -3.22. The maximum Gasteiger partial charge on any atom is 0.319 e. The minimum atomic E-state index is -0.379. The highest BCUT2D eigenvalue weighted by Gasteiger charge is 2.07. The molecule has 0 saturated heterocycles. The van der Waals surface area contributed by atoms with E-state index in [-0.39, 0.29) is 30.7 Å². The lowest BCUT2D eigenvalue weighted by Gasteiger charge is -2.09. The first-order valence-electron chi connectivity index (χ1n) is 7.35. The molecule has 7 heteroatoms. The number of rotatable bonds is 6. The Morgan fingerprint density at radius 3 is 2.46 bits per heavy atom. The molecule has 0 unspecified atom stereocenters. The van der Waals surface area contributed by atoms with Gasteiger partial charge in [0.25, 0.3) is 0 Å². The van der Waals surface area contributed by atoms with E-state index in [4.69, 9.17) is 4.74 Å². The predicted octanol–water partition coefficient (Wildman–Crippen LogP) is 2.55. The summed E-state index contributed by atoms with van der Waals surface area (Å²) < 4.78 is 4.93. The van der Waals surface area contributed by atoms with Crippen LogP contribution in [0.25, 0.3) is 0 Å². The van der Waals surface area contributed by atoms with Crippen LogP contribution in [-0.4, -0.2) is 30.7 Å². The number of benzene rings is 2. The summed E-state index contributed by atoms with van der Waals surface area (Å²) in [6.07, 6.45) is 0.106. The first-order valence-corrected chi connectivity index (χ1v) is 7.35. The Morgan fingerprint density at radius 1 is 1.04 bits per heavy atom. The van der Waals surface area contributed by atoms with Gasteiger partial charge in [0.2, 0.25) is 5.91 Å². The van der Waals surface area contributed by atoms with Gasteiger partial charge in [-0.2, -0.15) is 0 Å². The summed E-state index contributed by atoms with van der Waals surface area (Å²) in [6, 6.07) is 13.2. The van der Waals surface area contributed by atoms with Crippen molar-refractivity contribution in [2.75, 3.05) is 24.3 Å². The molecule has 0 spiro atoms. The molecule has 0 saturated carbocycles. The molecule has 0 aliphatic carbocycles. The molecule has 3 amide bonds. The van der Waals surface area contributed by atoms with Crippen LogP contribution >= 0.6 is 0 Å². The van der Waals surface area contributed by atoms with Gasteiger partial charge in [0, 0.05) is 30.4 Å². The number of urea groups is 1. The number of amides is 3. The van der Waals surface area contributed by atoms with E-state index in [9.17, 15) is 14.7 Å². The van der Waals surface area contributed by atoms with Gasteiger partial charge in [-0.05, 0) is 24.3 Å². The molecule has 0 heterocycles. The molecule has 0 aromatic heterocycles. The van der Waals surface area contributed by atoms with E-state index in [1.54, 1.807) is 24.3 Å². The molecular formula is C17H19N3O4. The first kappa shape index (κ1) is 17.1. The van der Waals surface area contributed by atoms with Crippen LogP contribution in [0, 0.1) is 0 Å². The molecule has 24 heavy (non-hydrogen) atoms. The third-order valence-electron chi connectivity index (χ3n) is 3.13. The van der Waals surface area contributed by atoms with Crippen LogP contribution < -0.4 is 20.7 Å². The van der Waals surface area contributed by atoms with Crippen molar-refractivity contribution < 1.29 is 19.4 Å². The van der Waals surface area contributed by atoms with Crippen LogP contribution in [0.15, 0.2) is 48.5 Å². The van der Waals surface area contributed by atoms with E-state index >= 15 is 0 Å². The Kier molecular flexibility index (Phi) is 6.01. The largest absolute Gasteiger partial charge is 0.504 e. The number of phenolic OH excluding ortho intramolecular Hbond substituents is 1. The van der Waals surface area contributed by atoms with E-state index in [0.717, 1.165) is 0 Å². The zero-order valence-corrected chi connectivity index (χ0v) is 13.2. The second-order valence-electron chi connectivity index (χ2n) is 4.93. The zero-order valence-electron chi connectivity index (χ0n) is 13.2. The number of hydrogen-bond acceptors (Lipinski definition) is 4. The summed E-state index contributed by atoms with van der Waals surface area (Å²) in [5.41, 5.74) is 1.13. The minimum Gasteiger partial charge on any atom is -0.504 e. The molecule has 0 fully saturated rings. The minimum absolute atomic E-state index is 0.0596. The maximum atomic E-state index is 11.8. The molecule has 0 aliphatic rings. The number of methoxy groups -OCH3 is 1. The van der Waals surface area contributed by atoms with Crippen molar-refractivity contribution >= 4 is 23.3 Å². The van der Waals surface area contributed by atoms with Gasteiger partial charge >= 0.3 is 6.03 Å². The Balaban J connectivity index is 1.73. The normalized spacial score (nSPS) is 9.88. The second kappa shape index (κ2) is 8.42.